The molecule has 0 aliphatic carbocycles. The highest BCUT2D eigenvalue weighted by Gasteiger charge is 2.28. The van der Waals surface area contributed by atoms with Crippen LogP contribution in [0, 0.1) is 17.0 Å². The first-order valence-corrected chi connectivity index (χ1v) is 11.2. The minimum Gasteiger partial charge on any atom is -0.457 e. The monoisotopic (exact) mass is 552 g/mol. The molecule has 9 nitrogen and oxygen atoms in total. The van der Waals surface area contributed by atoms with Crippen LogP contribution in [-0.4, -0.2) is 20.6 Å². The molecule has 0 bridgehead atoms. The molecule has 4 rings (SSSR count). The van der Waals surface area contributed by atoms with Gasteiger partial charge in [-0.3, -0.25) is 19.6 Å². The van der Waals surface area contributed by atoms with Crippen molar-refractivity contribution in [1.82, 2.24) is 9.78 Å². The molecule has 0 saturated carbocycles. The third-order valence-corrected chi connectivity index (χ3v) is 5.53. The number of hydrogen-bond donors (Lipinski definition) is 1. The molecule has 2 aromatic heterocycles. The molecule has 1 N–H and O–H groups in total. The maximum atomic E-state index is 13.4. The largest absolute Gasteiger partial charge is 0.457 e. The molecule has 0 radical (unpaired) electrons. The number of hydrogen-bond acceptors (Lipinski definition) is 6. The van der Waals surface area contributed by atoms with Crippen LogP contribution in [0.15, 0.2) is 59.0 Å². The van der Waals surface area contributed by atoms with Crippen molar-refractivity contribution >= 4 is 28.9 Å². The lowest BCUT2D eigenvalue weighted by Crippen LogP contribution is -2.11. The Balaban J connectivity index is 1.54. The number of nitrogens with one attached hydrogen (secondary N) is 1. The molecule has 14 heteroatoms. The molecular weight excluding hydrogens is 536 g/mol. The van der Waals surface area contributed by atoms with E-state index < -0.39 is 46.6 Å². The summed E-state index contributed by atoms with van der Waals surface area (Å²) in [6.07, 6.45) is -6.36. The number of nitro groups is 1. The first kappa shape index (κ1) is 26.7. The van der Waals surface area contributed by atoms with E-state index in [-0.39, 0.29) is 28.6 Å². The van der Waals surface area contributed by atoms with Crippen LogP contribution >= 0.6 is 11.6 Å². The number of rotatable bonds is 9. The molecule has 0 atom stereocenters. The van der Waals surface area contributed by atoms with E-state index in [2.05, 4.69) is 10.4 Å². The summed E-state index contributed by atoms with van der Waals surface area (Å²) in [5, 5.41) is 16.4. The smallest absolute Gasteiger partial charge is 0.291 e. The number of ether oxygens (including phenoxy) is 1. The Morgan fingerprint density at radius 1 is 1.13 bits per heavy atom. The van der Waals surface area contributed by atoms with Crippen LogP contribution in [-0.2, 0) is 6.54 Å². The van der Waals surface area contributed by atoms with Gasteiger partial charge < -0.3 is 14.5 Å². The van der Waals surface area contributed by atoms with Crippen LogP contribution in [0.2, 0.25) is 5.02 Å². The second-order valence-electron chi connectivity index (χ2n) is 7.95. The van der Waals surface area contributed by atoms with Crippen LogP contribution in [0.3, 0.4) is 0 Å². The van der Waals surface area contributed by atoms with Crippen molar-refractivity contribution < 1.29 is 36.4 Å². The molecule has 2 aromatic carbocycles. The van der Waals surface area contributed by atoms with Crippen LogP contribution in [0.25, 0.3) is 0 Å². The second kappa shape index (κ2) is 10.9. The van der Waals surface area contributed by atoms with E-state index in [1.54, 1.807) is 18.2 Å². The molecule has 198 valence electrons. The average molecular weight is 553 g/mol. The first-order chi connectivity index (χ1) is 18.0. The number of halogens is 5. The Hall–Kier alpha value is -4.39. The molecule has 0 fully saturated rings. The number of carbonyl (C=O) groups excluding carboxylic acids is 1. The quantitative estimate of drug-likeness (QED) is 0.132. The molecular formula is C24H17ClF4N4O5. The van der Waals surface area contributed by atoms with E-state index in [1.165, 1.54) is 24.3 Å². The summed E-state index contributed by atoms with van der Waals surface area (Å²) < 4.78 is 64.5. The fraction of sp³-hybridized carbons (Fsp3) is 0.167. The molecule has 4 aromatic rings. The lowest BCUT2D eigenvalue weighted by molar-refractivity contribution is -0.384. The van der Waals surface area contributed by atoms with Gasteiger partial charge in [0.05, 0.1) is 28.2 Å². The minimum absolute atomic E-state index is 0.0187. The van der Waals surface area contributed by atoms with E-state index in [0.717, 1.165) is 11.6 Å². The number of aromatic nitrogens is 2. The van der Waals surface area contributed by atoms with Gasteiger partial charge in [0.2, 0.25) is 0 Å². The normalized spacial score (nSPS) is 11.3. The van der Waals surface area contributed by atoms with Crippen LogP contribution < -0.4 is 10.1 Å². The highest BCUT2D eigenvalue weighted by Crippen LogP contribution is 2.35. The summed E-state index contributed by atoms with van der Waals surface area (Å²) in [7, 11) is 0. The molecule has 0 aliphatic heterocycles. The number of carbonyl (C=O) groups is 1. The van der Waals surface area contributed by atoms with E-state index in [1.807, 2.05) is 13.0 Å². The summed E-state index contributed by atoms with van der Waals surface area (Å²) in [6.45, 7) is 1.33. The average Bonchev–Trinajstić information content (AvgIpc) is 3.43. The Kier molecular flexibility index (Phi) is 7.67. The number of non-ortho nitro benzene ring substituents is 1. The van der Waals surface area contributed by atoms with Crippen LogP contribution in [0.5, 0.6) is 11.5 Å². The van der Waals surface area contributed by atoms with Gasteiger partial charge in [-0.25, -0.2) is 17.6 Å². The fourth-order valence-corrected chi connectivity index (χ4v) is 3.80. The topological polar surface area (TPSA) is 112 Å². The van der Waals surface area contributed by atoms with Gasteiger partial charge in [0, 0.05) is 12.1 Å². The van der Waals surface area contributed by atoms with E-state index in [4.69, 9.17) is 20.8 Å². The van der Waals surface area contributed by atoms with Gasteiger partial charge in [-0.15, -0.1) is 0 Å². The maximum Gasteiger partial charge on any atom is 0.291 e. The Labute approximate surface area is 216 Å². The third-order valence-electron chi connectivity index (χ3n) is 5.15. The SMILES string of the molecule is Cc1cccc(Oc2cc(NC(=O)c3ccc(Cn4nc(C(F)F)c(Cl)c4C(F)F)o3)cc([N+](=O)[O-])c2)c1. The van der Waals surface area contributed by atoms with Crippen molar-refractivity contribution in [3.05, 3.63) is 98.2 Å². The van der Waals surface area contributed by atoms with Gasteiger partial charge in [0.15, 0.2) is 5.76 Å². The van der Waals surface area contributed by atoms with E-state index >= 15 is 0 Å². The number of nitro benzene ring substituents is 1. The zero-order chi connectivity index (χ0) is 27.6. The number of anilines is 1. The van der Waals surface area contributed by atoms with Gasteiger partial charge in [-0.05, 0) is 36.8 Å². The number of nitrogens with zero attached hydrogens (tertiary/aromatic N) is 3. The zero-order valence-corrected chi connectivity index (χ0v) is 20.1. The van der Waals surface area contributed by atoms with Gasteiger partial charge in [0.1, 0.15) is 28.6 Å². The lowest BCUT2D eigenvalue weighted by atomic mass is 10.2. The number of furan rings is 1. The van der Waals surface area contributed by atoms with E-state index in [9.17, 15) is 32.5 Å². The van der Waals surface area contributed by atoms with Gasteiger partial charge in [-0.2, -0.15) is 5.10 Å². The lowest BCUT2D eigenvalue weighted by Gasteiger charge is -2.09. The second-order valence-corrected chi connectivity index (χ2v) is 8.33. The van der Waals surface area contributed by atoms with Crippen molar-refractivity contribution in [2.24, 2.45) is 0 Å². The summed E-state index contributed by atoms with van der Waals surface area (Å²) in [5.74, 6) is -0.641. The van der Waals surface area contributed by atoms with Crippen LogP contribution in [0.1, 0.15) is 46.1 Å². The van der Waals surface area contributed by atoms with Crippen LogP contribution in [0.4, 0.5) is 28.9 Å². The van der Waals surface area contributed by atoms with Gasteiger partial charge in [-0.1, -0.05) is 23.7 Å². The van der Waals surface area contributed by atoms with Crippen molar-refractivity contribution in [3.63, 3.8) is 0 Å². The Morgan fingerprint density at radius 2 is 1.89 bits per heavy atom. The maximum absolute atomic E-state index is 13.4. The standard InChI is InChI=1S/C24H17ClF4N4O5/c1-12-3-2-4-15(7-12)37-17-9-13(8-14(10-17)33(35)36)30-24(34)18-6-5-16(38-18)11-32-21(23(28)29)19(25)20(31-32)22(26)27/h2-10,22-23H,11H2,1H3,(H,30,34). The molecule has 0 spiro atoms. The number of amides is 1. The van der Waals surface area contributed by atoms with Crippen molar-refractivity contribution in [1.29, 1.82) is 0 Å². The molecule has 0 aliphatic rings. The third kappa shape index (κ3) is 5.94. The van der Waals surface area contributed by atoms with Crippen molar-refractivity contribution in [3.8, 4) is 11.5 Å². The summed E-state index contributed by atoms with van der Waals surface area (Å²) in [5.41, 5.74) is -1.35. The Bertz CT molecular complexity index is 1500. The molecule has 2 heterocycles. The van der Waals surface area contributed by atoms with Crippen molar-refractivity contribution in [2.75, 3.05) is 5.32 Å². The highest BCUT2D eigenvalue weighted by molar-refractivity contribution is 6.32. The number of alkyl halides is 4. The molecule has 0 saturated heterocycles. The predicted octanol–water partition coefficient (Wildman–Crippen LogP) is 7.31. The highest BCUT2D eigenvalue weighted by atomic mass is 35.5. The zero-order valence-electron chi connectivity index (χ0n) is 19.3. The molecule has 38 heavy (non-hydrogen) atoms. The minimum atomic E-state index is -3.19. The fourth-order valence-electron chi connectivity index (χ4n) is 3.50. The van der Waals surface area contributed by atoms with Gasteiger partial charge >= 0.3 is 0 Å². The van der Waals surface area contributed by atoms with Gasteiger partial charge in [0.25, 0.3) is 24.4 Å². The Morgan fingerprint density at radius 3 is 2.55 bits per heavy atom. The molecule has 0 unspecified atom stereocenters. The first-order valence-electron chi connectivity index (χ1n) is 10.8. The predicted molar refractivity (Wildman–Crippen MR) is 127 cm³/mol. The molecule has 1 amide bonds. The summed E-state index contributed by atoms with van der Waals surface area (Å²) >= 11 is 5.64. The summed E-state index contributed by atoms with van der Waals surface area (Å²) in [6, 6.07) is 13.1. The van der Waals surface area contributed by atoms with Crippen molar-refractivity contribution in [2.45, 2.75) is 26.3 Å². The van der Waals surface area contributed by atoms with E-state index in [0.29, 0.717) is 10.4 Å². The summed E-state index contributed by atoms with van der Waals surface area (Å²) in [4.78, 5) is 23.4. The number of aryl methyl sites for hydroxylation is 1. The number of benzene rings is 2.